The van der Waals surface area contributed by atoms with Crippen molar-refractivity contribution in [1.29, 1.82) is 0 Å². The van der Waals surface area contributed by atoms with Gasteiger partial charge in [-0.25, -0.2) is 8.42 Å². The number of phenolic OH excluding ortho intramolecular Hbond substituents is 3. The van der Waals surface area contributed by atoms with E-state index in [4.69, 9.17) is 0 Å². The minimum absolute atomic E-state index is 0.0952. The van der Waals surface area contributed by atoms with E-state index in [1.54, 1.807) is 0 Å². The first-order chi connectivity index (χ1) is 8.89. The highest BCUT2D eigenvalue weighted by Crippen LogP contribution is 2.36. The zero-order valence-electron chi connectivity index (χ0n) is 10.3. The van der Waals surface area contributed by atoms with Crippen LogP contribution in [0.3, 0.4) is 0 Å². The minimum atomic E-state index is -2.87. The summed E-state index contributed by atoms with van der Waals surface area (Å²) in [6.45, 7) is 0.844. The van der Waals surface area contributed by atoms with E-state index in [-0.39, 0.29) is 28.9 Å². The quantitative estimate of drug-likeness (QED) is 0.594. The minimum Gasteiger partial charge on any atom is -0.504 e. The maximum absolute atomic E-state index is 11.3. The van der Waals surface area contributed by atoms with Crippen molar-refractivity contribution in [1.82, 2.24) is 5.32 Å². The molecule has 1 heterocycles. The van der Waals surface area contributed by atoms with Gasteiger partial charge < -0.3 is 20.6 Å². The standard InChI is InChI=1S/C12H17NO5S/c14-10-2-1-9(11(15)12(10)16)6-13-5-8-3-4-19(17,18)7-8/h1-2,8,13-16H,3-7H2. The number of rotatable bonds is 4. The van der Waals surface area contributed by atoms with Crippen LogP contribution in [0.25, 0.3) is 0 Å². The average molecular weight is 287 g/mol. The molecule has 0 saturated carbocycles. The van der Waals surface area contributed by atoms with Crippen molar-refractivity contribution in [2.45, 2.75) is 13.0 Å². The van der Waals surface area contributed by atoms with Crippen molar-refractivity contribution in [2.75, 3.05) is 18.1 Å². The van der Waals surface area contributed by atoms with E-state index in [0.29, 0.717) is 25.1 Å². The normalized spacial score (nSPS) is 21.6. The fourth-order valence-electron chi connectivity index (χ4n) is 2.20. The molecule has 1 fully saturated rings. The summed E-state index contributed by atoms with van der Waals surface area (Å²) >= 11 is 0. The summed E-state index contributed by atoms with van der Waals surface area (Å²) in [4.78, 5) is 0. The summed E-state index contributed by atoms with van der Waals surface area (Å²) in [5.74, 6) is -0.729. The van der Waals surface area contributed by atoms with Crippen LogP contribution in [-0.2, 0) is 16.4 Å². The lowest BCUT2D eigenvalue weighted by Crippen LogP contribution is -2.23. The first-order valence-corrected chi connectivity index (χ1v) is 7.85. The molecule has 2 rings (SSSR count). The average Bonchev–Trinajstić information content (AvgIpc) is 2.69. The van der Waals surface area contributed by atoms with Crippen molar-refractivity contribution >= 4 is 9.84 Å². The van der Waals surface area contributed by atoms with Gasteiger partial charge in [0.25, 0.3) is 0 Å². The van der Waals surface area contributed by atoms with Gasteiger partial charge in [0.1, 0.15) is 0 Å². The molecule has 1 atom stereocenters. The Morgan fingerprint density at radius 1 is 1.21 bits per heavy atom. The van der Waals surface area contributed by atoms with Gasteiger partial charge in [-0.1, -0.05) is 6.07 Å². The zero-order chi connectivity index (χ0) is 14.0. The smallest absolute Gasteiger partial charge is 0.200 e. The number of hydrogen-bond acceptors (Lipinski definition) is 6. The molecule has 106 valence electrons. The molecule has 0 aromatic heterocycles. The second kappa shape index (κ2) is 5.26. The zero-order valence-corrected chi connectivity index (χ0v) is 11.2. The number of phenols is 3. The predicted octanol–water partition coefficient (Wildman–Crippen LogP) is 0.328. The molecule has 1 unspecified atom stereocenters. The van der Waals surface area contributed by atoms with Crippen molar-refractivity contribution < 1.29 is 23.7 Å². The third kappa shape index (κ3) is 3.30. The molecule has 0 radical (unpaired) electrons. The SMILES string of the molecule is O=S1(=O)CCC(CNCc2ccc(O)c(O)c2O)C1. The van der Waals surface area contributed by atoms with Gasteiger partial charge in [0, 0.05) is 12.1 Å². The maximum atomic E-state index is 11.3. The second-order valence-corrected chi connectivity index (χ2v) is 7.07. The Hall–Kier alpha value is -1.47. The molecule has 1 aliphatic heterocycles. The third-order valence-electron chi connectivity index (χ3n) is 3.29. The van der Waals surface area contributed by atoms with E-state index in [1.165, 1.54) is 12.1 Å². The van der Waals surface area contributed by atoms with E-state index in [1.807, 2.05) is 0 Å². The number of sulfone groups is 1. The van der Waals surface area contributed by atoms with Crippen molar-refractivity contribution in [3.05, 3.63) is 17.7 Å². The summed E-state index contributed by atoms with van der Waals surface area (Å²) in [6, 6.07) is 2.80. The summed E-state index contributed by atoms with van der Waals surface area (Å²) < 4.78 is 22.6. The molecular weight excluding hydrogens is 270 g/mol. The highest BCUT2D eigenvalue weighted by molar-refractivity contribution is 7.91. The molecule has 1 aromatic carbocycles. The summed E-state index contributed by atoms with van der Waals surface area (Å²) in [7, 11) is -2.87. The second-order valence-electron chi connectivity index (χ2n) is 4.84. The lowest BCUT2D eigenvalue weighted by Gasteiger charge is -2.11. The van der Waals surface area contributed by atoms with E-state index < -0.39 is 15.6 Å². The van der Waals surface area contributed by atoms with Crippen molar-refractivity contribution in [3.8, 4) is 17.2 Å². The van der Waals surface area contributed by atoms with Crippen LogP contribution in [0.1, 0.15) is 12.0 Å². The lowest BCUT2D eigenvalue weighted by atomic mass is 10.1. The number of benzene rings is 1. The van der Waals surface area contributed by atoms with Gasteiger partial charge in [-0.05, 0) is 24.9 Å². The fourth-order valence-corrected chi connectivity index (χ4v) is 4.06. The van der Waals surface area contributed by atoms with Crippen molar-refractivity contribution in [2.24, 2.45) is 5.92 Å². The Labute approximate surface area is 111 Å². The number of hydrogen-bond donors (Lipinski definition) is 4. The Bertz CT molecular complexity index is 570. The first-order valence-electron chi connectivity index (χ1n) is 6.03. The van der Waals surface area contributed by atoms with Crippen LogP contribution in [0, 0.1) is 5.92 Å². The Morgan fingerprint density at radius 3 is 2.58 bits per heavy atom. The molecular formula is C12H17NO5S. The van der Waals surface area contributed by atoms with E-state index in [9.17, 15) is 23.7 Å². The summed E-state index contributed by atoms with van der Waals surface area (Å²) in [6.07, 6.45) is 0.655. The Balaban J connectivity index is 1.89. The van der Waals surface area contributed by atoms with Gasteiger partial charge in [0.2, 0.25) is 5.75 Å². The van der Waals surface area contributed by atoms with E-state index >= 15 is 0 Å². The number of nitrogens with one attached hydrogen (secondary N) is 1. The molecule has 1 aromatic rings. The van der Waals surface area contributed by atoms with Crippen LogP contribution in [0.2, 0.25) is 0 Å². The van der Waals surface area contributed by atoms with Crippen LogP contribution < -0.4 is 5.32 Å². The van der Waals surface area contributed by atoms with Crippen LogP contribution in [0.4, 0.5) is 0 Å². The van der Waals surface area contributed by atoms with Gasteiger partial charge in [-0.3, -0.25) is 0 Å². The molecule has 1 aliphatic rings. The van der Waals surface area contributed by atoms with Crippen LogP contribution in [0.5, 0.6) is 17.2 Å². The molecule has 6 nitrogen and oxygen atoms in total. The molecule has 4 N–H and O–H groups in total. The fraction of sp³-hybridized carbons (Fsp3) is 0.500. The number of aromatic hydroxyl groups is 3. The largest absolute Gasteiger partial charge is 0.504 e. The van der Waals surface area contributed by atoms with Gasteiger partial charge >= 0.3 is 0 Å². The van der Waals surface area contributed by atoms with Gasteiger partial charge in [-0.2, -0.15) is 0 Å². The van der Waals surface area contributed by atoms with E-state index in [2.05, 4.69) is 5.32 Å². The molecule has 19 heavy (non-hydrogen) atoms. The highest BCUT2D eigenvalue weighted by Gasteiger charge is 2.27. The maximum Gasteiger partial charge on any atom is 0.200 e. The lowest BCUT2D eigenvalue weighted by molar-refractivity contribution is 0.363. The van der Waals surface area contributed by atoms with Crippen LogP contribution >= 0.6 is 0 Å². The van der Waals surface area contributed by atoms with E-state index in [0.717, 1.165) is 0 Å². The van der Waals surface area contributed by atoms with Gasteiger partial charge in [0.05, 0.1) is 11.5 Å². The van der Waals surface area contributed by atoms with Crippen LogP contribution in [0.15, 0.2) is 12.1 Å². The molecule has 0 spiro atoms. The summed E-state index contributed by atoms with van der Waals surface area (Å²) in [5.41, 5.74) is 0.455. The topological polar surface area (TPSA) is 107 Å². The van der Waals surface area contributed by atoms with Gasteiger partial charge in [0.15, 0.2) is 21.3 Å². The molecule has 1 saturated heterocycles. The molecule has 0 aliphatic carbocycles. The van der Waals surface area contributed by atoms with Gasteiger partial charge in [-0.15, -0.1) is 0 Å². The first kappa shape index (κ1) is 14.0. The third-order valence-corrected chi connectivity index (χ3v) is 5.13. The molecule has 0 amide bonds. The molecule has 0 bridgehead atoms. The van der Waals surface area contributed by atoms with Crippen molar-refractivity contribution in [3.63, 3.8) is 0 Å². The predicted molar refractivity (Wildman–Crippen MR) is 69.9 cm³/mol. The Kier molecular flexibility index (Phi) is 3.86. The highest BCUT2D eigenvalue weighted by atomic mass is 32.2. The monoisotopic (exact) mass is 287 g/mol. The summed E-state index contributed by atoms with van der Waals surface area (Å²) in [5, 5.41) is 31.2. The van der Waals surface area contributed by atoms with Crippen LogP contribution in [-0.4, -0.2) is 41.8 Å². The molecule has 7 heteroatoms. The Morgan fingerprint density at radius 2 is 1.95 bits per heavy atom.